The molecule has 0 unspecified atom stereocenters. The molecule has 0 spiro atoms. The molecule has 1 amide bonds. The van der Waals surface area contributed by atoms with Crippen molar-refractivity contribution in [1.29, 1.82) is 0 Å². The van der Waals surface area contributed by atoms with Crippen LogP contribution in [0.4, 0.5) is 5.69 Å². The summed E-state index contributed by atoms with van der Waals surface area (Å²) in [5.41, 5.74) is 0.546. The maximum atomic E-state index is 13.0. The second-order valence-corrected chi connectivity index (χ2v) is 7.86. The van der Waals surface area contributed by atoms with Gasteiger partial charge in [0.05, 0.1) is 16.1 Å². The summed E-state index contributed by atoms with van der Waals surface area (Å²) in [6.07, 6.45) is 7.15. The van der Waals surface area contributed by atoms with E-state index in [1.54, 1.807) is 18.2 Å². The van der Waals surface area contributed by atoms with E-state index >= 15 is 0 Å². The van der Waals surface area contributed by atoms with Gasteiger partial charge in [-0.15, -0.1) is 0 Å². The zero-order valence-corrected chi connectivity index (χ0v) is 13.4. The Balaban J connectivity index is 1.60. The number of hydrogen-bond donors (Lipinski definition) is 1. The van der Waals surface area contributed by atoms with Gasteiger partial charge in [-0.2, -0.15) is 0 Å². The van der Waals surface area contributed by atoms with Gasteiger partial charge in [0.2, 0.25) is 5.91 Å². The summed E-state index contributed by atoms with van der Waals surface area (Å²) in [7, 11) is 0. The van der Waals surface area contributed by atoms with Gasteiger partial charge >= 0.3 is 0 Å². The SMILES string of the molecule is O=C(Nc1ccc(Cl)cc1Cl)[C@@]12CC[C@H]3C[C@@H](CC1)[C@H]2C3. The Morgan fingerprint density at radius 1 is 1.19 bits per heavy atom. The van der Waals surface area contributed by atoms with Crippen LogP contribution in [0, 0.1) is 23.2 Å². The van der Waals surface area contributed by atoms with Crippen LogP contribution >= 0.6 is 23.2 Å². The monoisotopic (exact) mass is 323 g/mol. The van der Waals surface area contributed by atoms with Crippen molar-refractivity contribution in [3.63, 3.8) is 0 Å². The van der Waals surface area contributed by atoms with Crippen LogP contribution in [0.5, 0.6) is 0 Å². The zero-order valence-electron chi connectivity index (χ0n) is 11.9. The van der Waals surface area contributed by atoms with E-state index < -0.39 is 0 Å². The van der Waals surface area contributed by atoms with Gasteiger partial charge in [0.15, 0.2) is 0 Å². The summed E-state index contributed by atoms with van der Waals surface area (Å²) in [4.78, 5) is 13.0. The summed E-state index contributed by atoms with van der Waals surface area (Å²) < 4.78 is 0. The summed E-state index contributed by atoms with van der Waals surface area (Å²) in [5, 5.41) is 4.19. The highest BCUT2D eigenvalue weighted by atomic mass is 35.5. The fourth-order valence-corrected chi connectivity index (χ4v) is 5.56. The fraction of sp³-hybridized carbons (Fsp3) is 0.588. The summed E-state index contributed by atoms with van der Waals surface area (Å²) in [6, 6.07) is 5.25. The normalized spacial score (nSPS) is 36.8. The van der Waals surface area contributed by atoms with Gasteiger partial charge in [0, 0.05) is 5.02 Å². The van der Waals surface area contributed by atoms with Crippen molar-refractivity contribution in [2.45, 2.75) is 38.5 Å². The number of benzene rings is 1. The van der Waals surface area contributed by atoms with Crippen molar-refractivity contribution in [3.05, 3.63) is 28.2 Å². The third kappa shape index (κ3) is 2.10. The molecule has 2 nitrogen and oxygen atoms in total. The summed E-state index contributed by atoms with van der Waals surface area (Å²) >= 11 is 12.1. The van der Waals surface area contributed by atoms with Crippen LogP contribution in [0.1, 0.15) is 38.5 Å². The molecule has 0 radical (unpaired) electrons. The molecule has 112 valence electrons. The lowest BCUT2D eigenvalue weighted by atomic mass is 9.67. The quantitative estimate of drug-likeness (QED) is 0.801. The Morgan fingerprint density at radius 3 is 2.81 bits per heavy atom. The highest BCUT2D eigenvalue weighted by molar-refractivity contribution is 6.36. The van der Waals surface area contributed by atoms with E-state index in [0.717, 1.165) is 24.7 Å². The van der Waals surface area contributed by atoms with Gasteiger partial charge in [-0.05, 0) is 74.5 Å². The predicted octanol–water partition coefficient (Wildman–Crippen LogP) is 5.15. The Morgan fingerprint density at radius 2 is 2.00 bits per heavy atom. The third-order valence-electron chi connectivity index (χ3n) is 6.09. The molecule has 3 saturated carbocycles. The third-order valence-corrected chi connectivity index (χ3v) is 6.64. The van der Waals surface area contributed by atoms with Crippen LogP contribution in [0.15, 0.2) is 18.2 Å². The van der Waals surface area contributed by atoms with E-state index in [4.69, 9.17) is 23.2 Å². The van der Waals surface area contributed by atoms with Crippen LogP contribution in [0.25, 0.3) is 0 Å². The average molecular weight is 324 g/mol. The van der Waals surface area contributed by atoms with Crippen LogP contribution in [0.3, 0.4) is 0 Å². The van der Waals surface area contributed by atoms with Crippen molar-refractivity contribution in [2.75, 3.05) is 5.32 Å². The Hall–Kier alpha value is -0.730. The van der Waals surface area contributed by atoms with Gasteiger partial charge in [0.1, 0.15) is 0 Å². The first-order valence-electron chi connectivity index (χ1n) is 7.85. The second-order valence-electron chi connectivity index (χ2n) is 7.02. The van der Waals surface area contributed by atoms with E-state index in [9.17, 15) is 4.79 Å². The number of fused-ring (bicyclic) bond motifs is 1. The standard InChI is InChI=1S/C17H19Cl2NO/c18-12-1-2-15(14(19)9-12)20-16(21)17-5-3-10-7-11(4-6-17)13(17)8-10/h1-2,9-11,13H,3-8H2,(H,20,21)/t10-,11+,13+,17-/m0/s1. The largest absolute Gasteiger partial charge is 0.324 e. The van der Waals surface area contributed by atoms with Crippen LogP contribution in [-0.2, 0) is 4.79 Å². The maximum absolute atomic E-state index is 13.0. The predicted molar refractivity (Wildman–Crippen MR) is 85.7 cm³/mol. The number of carbonyl (C=O) groups is 1. The molecule has 3 aliphatic carbocycles. The second kappa shape index (κ2) is 4.89. The molecule has 0 heterocycles. The van der Waals surface area contributed by atoms with E-state index in [1.165, 1.54) is 25.7 Å². The molecule has 0 aromatic heterocycles. The maximum Gasteiger partial charge on any atom is 0.230 e. The van der Waals surface area contributed by atoms with E-state index in [0.29, 0.717) is 21.7 Å². The fourth-order valence-electron chi connectivity index (χ4n) is 5.11. The van der Waals surface area contributed by atoms with Crippen LogP contribution in [0.2, 0.25) is 10.0 Å². The average Bonchev–Trinajstić information content (AvgIpc) is 2.96. The Labute approximate surface area is 135 Å². The molecule has 0 saturated heterocycles. The minimum absolute atomic E-state index is 0.138. The Kier molecular flexibility index (Phi) is 3.24. The summed E-state index contributed by atoms with van der Waals surface area (Å²) in [5.74, 6) is 2.44. The van der Waals surface area contributed by atoms with Gasteiger partial charge in [-0.1, -0.05) is 23.2 Å². The number of rotatable bonds is 2. The van der Waals surface area contributed by atoms with Crippen molar-refractivity contribution in [3.8, 4) is 0 Å². The van der Waals surface area contributed by atoms with Crippen molar-refractivity contribution in [1.82, 2.24) is 0 Å². The smallest absolute Gasteiger partial charge is 0.230 e. The molecule has 1 N–H and O–H groups in total. The molecule has 21 heavy (non-hydrogen) atoms. The Bertz CT molecular complexity index is 602. The van der Waals surface area contributed by atoms with E-state index in [-0.39, 0.29) is 11.3 Å². The van der Waals surface area contributed by atoms with Gasteiger partial charge in [-0.25, -0.2) is 0 Å². The molecular weight excluding hydrogens is 305 g/mol. The van der Waals surface area contributed by atoms with Crippen molar-refractivity contribution in [2.24, 2.45) is 23.2 Å². The lowest BCUT2D eigenvalue weighted by molar-refractivity contribution is -0.129. The molecule has 3 fully saturated rings. The number of hydrogen-bond acceptors (Lipinski definition) is 1. The lowest BCUT2D eigenvalue weighted by Crippen LogP contribution is -2.41. The van der Waals surface area contributed by atoms with Crippen molar-refractivity contribution < 1.29 is 4.79 Å². The number of halogens is 2. The molecule has 0 aliphatic heterocycles. The molecule has 4 rings (SSSR count). The molecule has 2 bridgehead atoms. The van der Waals surface area contributed by atoms with Crippen LogP contribution < -0.4 is 5.32 Å². The van der Waals surface area contributed by atoms with Crippen molar-refractivity contribution >= 4 is 34.8 Å². The molecule has 4 heteroatoms. The van der Waals surface area contributed by atoms with Gasteiger partial charge in [-0.3, -0.25) is 4.79 Å². The lowest BCUT2D eigenvalue weighted by Gasteiger charge is -2.38. The highest BCUT2D eigenvalue weighted by Gasteiger charge is 2.59. The summed E-state index contributed by atoms with van der Waals surface area (Å²) in [6.45, 7) is 0. The number of nitrogens with one attached hydrogen (secondary N) is 1. The topological polar surface area (TPSA) is 29.1 Å². The highest BCUT2D eigenvalue weighted by Crippen LogP contribution is 2.63. The molecule has 1 aromatic rings. The first-order chi connectivity index (χ1) is 10.1. The zero-order chi connectivity index (χ0) is 14.6. The number of anilines is 1. The van der Waals surface area contributed by atoms with E-state index in [2.05, 4.69) is 5.32 Å². The number of carbonyl (C=O) groups excluding carboxylic acids is 1. The molecule has 1 aromatic carbocycles. The molecule has 4 atom stereocenters. The minimum atomic E-state index is -0.138. The molecular formula is C17H19Cl2NO. The van der Waals surface area contributed by atoms with E-state index in [1.807, 2.05) is 0 Å². The van der Waals surface area contributed by atoms with Gasteiger partial charge < -0.3 is 5.32 Å². The van der Waals surface area contributed by atoms with Crippen LogP contribution in [-0.4, -0.2) is 5.91 Å². The first kappa shape index (κ1) is 13.9. The number of amides is 1. The van der Waals surface area contributed by atoms with Gasteiger partial charge in [0.25, 0.3) is 0 Å². The first-order valence-corrected chi connectivity index (χ1v) is 8.60. The minimum Gasteiger partial charge on any atom is -0.324 e. The molecule has 3 aliphatic rings.